The molecule has 1 heterocycles. The highest BCUT2D eigenvalue weighted by molar-refractivity contribution is 5.68. The maximum absolute atomic E-state index is 5.63. The number of rotatable bonds is 7. The van der Waals surface area contributed by atoms with E-state index in [1.807, 2.05) is 0 Å². The van der Waals surface area contributed by atoms with Crippen LogP contribution in [0.5, 0.6) is 17.2 Å². The molecule has 0 atom stereocenters. The largest absolute Gasteiger partial charge is 0.496 e. The van der Waals surface area contributed by atoms with Crippen LogP contribution in [0.4, 0.5) is 0 Å². The van der Waals surface area contributed by atoms with Gasteiger partial charge < -0.3 is 24.4 Å². The molecule has 114 valence electrons. The second-order valence-electron chi connectivity index (χ2n) is 4.30. The zero-order chi connectivity index (χ0) is 15.2. The molecule has 0 spiro atoms. The minimum Gasteiger partial charge on any atom is -0.496 e. The number of hydrogen-bond acceptors (Lipinski definition) is 7. The van der Waals surface area contributed by atoms with Crippen molar-refractivity contribution in [2.75, 3.05) is 27.9 Å². The Morgan fingerprint density at radius 2 is 1.67 bits per heavy atom. The molecule has 0 aliphatic carbocycles. The van der Waals surface area contributed by atoms with Crippen LogP contribution >= 0.6 is 0 Å². The van der Waals surface area contributed by atoms with Crippen LogP contribution in [0.15, 0.2) is 16.5 Å². The summed E-state index contributed by atoms with van der Waals surface area (Å²) in [4.78, 5) is 0. The van der Waals surface area contributed by atoms with Gasteiger partial charge >= 0.3 is 0 Å². The average molecular weight is 293 g/mol. The Balaban J connectivity index is 2.39. The molecule has 2 rings (SSSR count). The van der Waals surface area contributed by atoms with E-state index in [0.29, 0.717) is 47.6 Å². The van der Waals surface area contributed by atoms with Gasteiger partial charge in [-0.15, -0.1) is 10.2 Å². The van der Waals surface area contributed by atoms with Crippen LogP contribution in [0.2, 0.25) is 0 Å². The third-order valence-corrected chi connectivity index (χ3v) is 3.00. The standard InChI is InChI=1S/C14H19N3O4/c1-18-10-8-12(20-3)11(19-2)7-9(10)14-17-16-13(21-14)5-4-6-15/h7-8H,4-6,15H2,1-3H3. The molecule has 21 heavy (non-hydrogen) atoms. The molecule has 2 aromatic rings. The Morgan fingerprint density at radius 3 is 2.29 bits per heavy atom. The summed E-state index contributed by atoms with van der Waals surface area (Å²) in [5.74, 6) is 2.63. The fraction of sp³-hybridized carbons (Fsp3) is 0.429. The quantitative estimate of drug-likeness (QED) is 0.829. The van der Waals surface area contributed by atoms with Crippen LogP contribution in [-0.2, 0) is 6.42 Å². The van der Waals surface area contributed by atoms with E-state index in [1.54, 1.807) is 33.5 Å². The molecular formula is C14H19N3O4. The fourth-order valence-corrected chi connectivity index (χ4v) is 1.91. The van der Waals surface area contributed by atoms with Gasteiger partial charge in [-0.2, -0.15) is 0 Å². The maximum atomic E-state index is 5.63. The maximum Gasteiger partial charge on any atom is 0.251 e. The molecule has 0 saturated carbocycles. The van der Waals surface area contributed by atoms with Crippen molar-refractivity contribution in [1.82, 2.24) is 10.2 Å². The lowest BCUT2D eigenvalue weighted by molar-refractivity contribution is 0.349. The third kappa shape index (κ3) is 3.25. The van der Waals surface area contributed by atoms with Crippen LogP contribution < -0.4 is 19.9 Å². The average Bonchev–Trinajstić information content (AvgIpc) is 3.00. The predicted octanol–water partition coefficient (Wildman–Crippen LogP) is 1.65. The number of hydrogen-bond donors (Lipinski definition) is 1. The predicted molar refractivity (Wildman–Crippen MR) is 76.8 cm³/mol. The van der Waals surface area contributed by atoms with E-state index in [2.05, 4.69) is 10.2 Å². The number of methoxy groups -OCH3 is 3. The highest BCUT2D eigenvalue weighted by atomic mass is 16.5. The molecule has 7 heteroatoms. The molecule has 0 aliphatic heterocycles. The van der Waals surface area contributed by atoms with E-state index in [-0.39, 0.29) is 0 Å². The van der Waals surface area contributed by atoms with Crippen molar-refractivity contribution in [3.8, 4) is 28.7 Å². The van der Waals surface area contributed by atoms with Gasteiger partial charge in [0.15, 0.2) is 11.5 Å². The molecule has 0 amide bonds. The second-order valence-corrected chi connectivity index (χ2v) is 4.30. The Morgan fingerprint density at radius 1 is 1.00 bits per heavy atom. The first-order chi connectivity index (χ1) is 10.2. The van der Waals surface area contributed by atoms with E-state index < -0.39 is 0 Å². The summed E-state index contributed by atoms with van der Waals surface area (Å²) in [5.41, 5.74) is 6.12. The first-order valence-electron chi connectivity index (χ1n) is 6.56. The minimum absolute atomic E-state index is 0.375. The van der Waals surface area contributed by atoms with Crippen molar-refractivity contribution in [1.29, 1.82) is 0 Å². The van der Waals surface area contributed by atoms with Crippen LogP contribution in [0, 0.1) is 0 Å². The van der Waals surface area contributed by atoms with Crippen LogP contribution in [0.1, 0.15) is 12.3 Å². The number of nitrogens with zero attached hydrogens (tertiary/aromatic N) is 2. The van der Waals surface area contributed by atoms with Crippen molar-refractivity contribution < 1.29 is 18.6 Å². The number of aryl methyl sites for hydroxylation is 1. The summed E-state index contributed by atoms with van der Waals surface area (Å²) < 4.78 is 21.5. The molecule has 0 aliphatic rings. The Hall–Kier alpha value is -2.28. The van der Waals surface area contributed by atoms with Gasteiger partial charge in [-0.25, -0.2) is 0 Å². The van der Waals surface area contributed by atoms with Gasteiger partial charge in [0.1, 0.15) is 5.75 Å². The number of nitrogens with two attached hydrogens (primary N) is 1. The van der Waals surface area contributed by atoms with E-state index in [4.69, 9.17) is 24.4 Å². The van der Waals surface area contributed by atoms with Gasteiger partial charge in [-0.3, -0.25) is 0 Å². The van der Waals surface area contributed by atoms with Crippen molar-refractivity contribution in [3.63, 3.8) is 0 Å². The lowest BCUT2D eigenvalue weighted by atomic mass is 10.1. The van der Waals surface area contributed by atoms with Crippen LogP contribution in [0.3, 0.4) is 0 Å². The number of aromatic nitrogens is 2. The van der Waals surface area contributed by atoms with E-state index >= 15 is 0 Å². The van der Waals surface area contributed by atoms with E-state index in [9.17, 15) is 0 Å². The lowest BCUT2D eigenvalue weighted by Gasteiger charge is -2.11. The summed E-state index contributed by atoms with van der Waals surface area (Å²) in [5, 5.41) is 8.05. The molecule has 1 aromatic carbocycles. The van der Waals surface area contributed by atoms with Gasteiger partial charge in [0, 0.05) is 18.6 Å². The zero-order valence-electron chi connectivity index (χ0n) is 12.4. The van der Waals surface area contributed by atoms with Crippen molar-refractivity contribution in [3.05, 3.63) is 18.0 Å². The Bertz CT molecular complexity index is 598. The molecule has 2 N–H and O–H groups in total. The molecule has 0 fully saturated rings. The van der Waals surface area contributed by atoms with Crippen molar-refractivity contribution in [2.24, 2.45) is 5.73 Å². The first-order valence-corrected chi connectivity index (χ1v) is 6.56. The van der Waals surface area contributed by atoms with Crippen molar-refractivity contribution >= 4 is 0 Å². The highest BCUT2D eigenvalue weighted by Crippen LogP contribution is 2.39. The Labute approximate surface area is 123 Å². The first kappa shape index (κ1) is 15.1. The SMILES string of the molecule is COc1cc(OC)c(-c2nnc(CCCN)o2)cc1OC. The molecule has 0 saturated heterocycles. The molecule has 1 aromatic heterocycles. The van der Waals surface area contributed by atoms with Gasteiger partial charge in [0.2, 0.25) is 5.89 Å². The summed E-state index contributed by atoms with van der Waals surface area (Å²) >= 11 is 0. The van der Waals surface area contributed by atoms with Crippen molar-refractivity contribution in [2.45, 2.75) is 12.8 Å². The summed E-state index contributed by atoms with van der Waals surface area (Å²) in [6.45, 7) is 0.581. The second kappa shape index (κ2) is 6.94. The monoisotopic (exact) mass is 293 g/mol. The molecule has 0 radical (unpaired) electrons. The zero-order valence-corrected chi connectivity index (χ0v) is 12.4. The van der Waals surface area contributed by atoms with Gasteiger partial charge in [0.05, 0.1) is 26.9 Å². The Kier molecular flexibility index (Phi) is 4.99. The normalized spacial score (nSPS) is 10.5. The van der Waals surface area contributed by atoms with E-state index in [1.165, 1.54) is 0 Å². The number of benzene rings is 1. The lowest BCUT2D eigenvalue weighted by Crippen LogP contribution is -2.00. The molecule has 0 bridgehead atoms. The summed E-state index contributed by atoms with van der Waals surface area (Å²) in [6, 6.07) is 3.47. The smallest absolute Gasteiger partial charge is 0.251 e. The molecule has 0 unspecified atom stereocenters. The summed E-state index contributed by atoms with van der Waals surface area (Å²) in [7, 11) is 4.69. The fourth-order valence-electron chi connectivity index (χ4n) is 1.91. The van der Waals surface area contributed by atoms with E-state index in [0.717, 1.165) is 6.42 Å². The third-order valence-electron chi connectivity index (χ3n) is 3.00. The topological polar surface area (TPSA) is 92.6 Å². The summed E-state index contributed by atoms with van der Waals surface area (Å²) in [6.07, 6.45) is 1.45. The minimum atomic E-state index is 0.375. The van der Waals surface area contributed by atoms with Crippen LogP contribution in [-0.4, -0.2) is 38.1 Å². The molecular weight excluding hydrogens is 274 g/mol. The van der Waals surface area contributed by atoms with Gasteiger partial charge in [-0.1, -0.05) is 0 Å². The highest BCUT2D eigenvalue weighted by Gasteiger charge is 2.18. The number of ether oxygens (including phenoxy) is 3. The van der Waals surface area contributed by atoms with Gasteiger partial charge in [0.25, 0.3) is 5.89 Å². The van der Waals surface area contributed by atoms with Gasteiger partial charge in [-0.05, 0) is 13.0 Å². The van der Waals surface area contributed by atoms with Crippen LogP contribution in [0.25, 0.3) is 11.5 Å². The molecule has 7 nitrogen and oxygen atoms in total.